The highest BCUT2D eigenvalue weighted by Gasteiger charge is 2.26. The Morgan fingerprint density at radius 1 is 1.36 bits per heavy atom. The number of piperidine rings is 1. The normalized spacial score (nSPS) is 18.3. The van der Waals surface area contributed by atoms with Crippen molar-refractivity contribution in [3.8, 4) is 0 Å². The third-order valence-corrected chi connectivity index (χ3v) is 4.12. The monoisotopic (exact) mass is 299 g/mol. The largest absolute Gasteiger partial charge is 0.363 e. The lowest BCUT2D eigenvalue weighted by Gasteiger charge is -2.32. The molecular formula is C16H21N5O. The highest BCUT2D eigenvalue weighted by molar-refractivity contribution is 5.95. The van der Waals surface area contributed by atoms with E-state index in [1.807, 2.05) is 36.0 Å². The lowest BCUT2D eigenvalue weighted by atomic mass is 9.94. The Balaban J connectivity index is 1.75. The Morgan fingerprint density at radius 3 is 2.95 bits per heavy atom. The maximum absolute atomic E-state index is 12.7. The van der Waals surface area contributed by atoms with Crippen molar-refractivity contribution in [1.29, 1.82) is 0 Å². The maximum atomic E-state index is 12.7. The van der Waals surface area contributed by atoms with Gasteiger partial charge in [-0.2, -0.15) is 5.10 Å². The van der Waals surface area contributed by atoms with Crippen LogP contribution in [0.1, 0.15) is 34.8 Å². The minimum atomic E-state index is 0.0784. The molecule has 3 rings (SSSR count). The van der Waals surface area contributed by atoms with E-state index in [-0.39, 0.29) is 5.91 Å². The van der Waals surface area contributed by atoms with Crippen molar-refractivity contribution in [2.45, 2.75) is 18.8 Å². The first-order valence-corrected chi connectivity index (χ1v) is 7.57. The summed E-state index contributed by atoms with van der Waals surface area (Å²) >= 11 is 0. The van der Waals surface area contributed by atoms with Crippen LogP contribution in [0.4, 0.5) is 5.82 Å². The molecule has 22 heavy (non-hydrogen) atoms. The second kappa shape index (κ2) is 6.17. The van der Waals surface area contributed by atoms with Crippen LogP contribution < -0.4 is 4.90 Å². The predicted octanol–water partition coefficient (Wildman–Crippen LogP) is 1.89. The third kappa shape index (κ3) is 2.95. The number of nitrogens with one attached hydrogen (secondary N) is 1. The Hall–Kier alpha value is -2.37. The van der Waals surface area contributed by atoms with Gasteiger partial charge < -0.3 is 9.80 Å². The minimum Gasteiger partial charge on any atom is -0.363 e. The molecule has 116 valence electrons. The number of aromatic nitrogens is 3. The topological polar surface area (TPSA) is 65.1 Å². The summed E-state index contributed by atoms with van der Waals surface area (Å²) in [6, 6.07) is 5.63. The quantitative estimate of drug-likeness (QED) is 0.940. The smallest absolute Gasteiger partial charge is 0.254 e. The molecule has 1 aliphatic rings. The van der Waals surface area contributed by atoms with Gasteiger partial charge in [0.2, 0.25) is 0 Å². The molecule has 6 heteroatoms. The molecular weight excluding hydrogens is 278 g/mol. The number of nitrogens with zero attached hydrogens (tertiary/aromatic N) is 4. The van der Waals surface area contributed by atoms with Gasteiger partial charge in [-0.3, -0.25) is 9.89 Å². The molecule has 0 radical (unpaired) electrons. The van der Waals surface area contributed by atoms with Gasteiger partial charge in [0.15, 0.2) is 0 Å². The zero-order valence-corrected chi connectivity index (χ0v) is 13.0. The Labute approximate surface area is 130 Å². The van der Waals surface area contributed by atoms with Gasteiger partial charge in [0.1, 0.15) is 5.82 Å². The van der Waals surface area contributed by atoms with Crippen molar-refractivity contribution in [3.63, 3.8) is 0 Å². The highest BCUT2D eigenvalue weighted by atomic mass is 16.2. The van der Waals surface area contributed by atoms with Gasteiger partial charge in [-0.15, -0.1) is 0 Å². The number of hydrogen-bond acceptors (Lipinski definition) is 4. The summed E-state index contributed by atoms with van der Waals surface area (Å²) in [7, 11) is 3.84. The SMILES string of the molecule is CN(C)c1cc(C(=O)N2CCC[C@H](c3ccn[nH]3)C2)ccn1. The number of amides is 1. The van der Waals surface area contributed by atoms with Crippen LogP contribution >= 0.6 is 0 Å². The van der Waals surface area contributed by atoms with Crippen LogP contribution in [-0.4, -0.2) is 53.2 Å². The standard InChI is InChI=1S/C16H21N5O/c1-20(2)15-10-12(5-7-17-15)16(22)21-9-3-4-13(11-21)14-6-8-18-19-14/h5-8,10,13H,3-4,9,11H2,1-2H3,(H,18,19)/t13-/m0/s1. The van der Waals surface area contributed by atoms with Gasteiger partial charge in [0, 0.05) is 56.8 Å². The van der Waals surface area contributed by atoms with Crippen LogP contribution in [0.25, 0.3) is 0 Å². The molecule has 1 fully saturated rings. The van der Waals surface area contributed by atoms with Gasteiger partial charge in [-0.05, 0) is 31.0 Å². The lowest BCUT2D eigenvalue weighted by Crippen LogP contribution is -2.39. The zero-order valence-electron chi connectivity index (χ0n) is 13.0. The van der Waals surface area contributed by atoms with E-state index in [2.05, 4.69) is 15.2 Å². The maximum Gasteiger partial charge on any atom is 0.254 e. The molecule has 0 bridgehead atoms. The average molecular weight is 299 g/mol. The van der Waals surface area contributed by atoms with Gasteiger partial charge in [0.05, 0.1) is 0 Å². The van der Waals surface area contributed by atoms with Gasteiger partial charge in [0.25, 0.3) is 5.91 Å². The number of hydrogen-bond donors (Lipinski definition) is 1. The average Bonchev–Trinajstić information content (AvgIpc) is 3.09. The number of anilines is 1. The first-order chi connectivity index (χ1) is 10.6. The number of rotatable bonds is 3. The first-order valence-electron chi connectivity index (χ1n) is 7.57. The molecule has 6 nitrogen and oxygen atoms in total. The van der Waals surface area contributed by atoms with Crippen molar-refractivity contribution in [1.82, 2.24) is 20.1 Å². The molecule has 1 N–H and O–H groups in total. The number of carbonyl (C=O) groups is 1. The number of aromatic amines is 1. The molecule has 0 spiro atoms. The van der Waals surface area contributed by atoms with E-state index in [0.717, 1.165) is 37.4 Å². The van der Waals surface area contributed by atoms with Crippen LogP contribution in [0.5, 0.6) is 0 Å². The van der Waals surface area contributed by atoms with Crippen LogP contribution in [-0.2, 0) is 0 Å². The summed E-state index contributed by atoms with van der Waals surface area (Å²) in [5, 5.41) is 7.04. The molecule has 3 heterocycles. The fraction of sp³-hybridized carbons (Fsp3) is 0.438. The number of likely N-dealkylation sites (tertiary alicyclic amines) is 1. The summed E-state index contributed by atoms with van der Waals surface area (Å²) < 4.78 is 0. The molecule has 1 atom stereocenters. The lowest BCUT2D eigenvalue weighted by molar-refractivity contribution is 0.0706. The van der Waals surface area contributed by atoms with E-state index in [1.165, 1.54) is 0 Å². The summed E-state index contributed by atoms with van der Waals surface area (Å²) in [5.74, 6) is 1.22. The summed E-state index contributed by atoms with van der Waals surface area (Å²) in [6.45, 7) is 1.55. The predicted molar refractivity (Wildman–Crippen MR) is 85.0 cm³/mol. The molecule has 1 amide bonds. The van der Waals surface area contributed by atoms with Crippen LogP contribution in [0.15, 0.2) is 30.6 Å². The van der Waals surface area contributed by atoms with E-state index < -0.39 is 0 Å². The minimum absolute atomic E-state index is 0.0784. The molecule has 0 aliphatic carbocycles. The van der Waals surface area contributed by atoms with Gasteiger partial charge in [-0.25, -0.2) is 4.98 Å². The van der Waals surface area contributed by atoms with Crippen LogP contribution in [0.3, 0.4) is 0 Å². The van der Waals surface area contributed by atoms with E-state index in [9.17, 15) is 4.79 Å². The highest BCUT2D eigenvalue weighted by Crippen LogP contribution is 2.26. The van der Waals surface area contributed by atoms with Gasteiger partial charge >= 0.3 is 0 Å². The molecule has 0 aromatic carbocycles. The molecule has 0 saturated carbocycles. The summed E-state index contributed by atoms with van der Waals surface area (Å²) in [4.78, 5) is 20.8. The molecule has 1 saturated heterocycles. The fourth-order valence-electron chi connectivity index (χ4n) is 2.89. The number of carbonyl (C=O) groups excluding carboxylic acids is 1. The second-order valence-corrected chi connectivity index (χ2v) is 5.90. The van der Waals surface area contributed by atoms with Crippen LogP contribution in [0, 0.1) is 0 Å². The van der Waals surface area contributed by atoms with Crippen molar-refractivity contribution in [2.75, 3.05) is 32.1 Å². The van der Waals surface area contributed by atoms with E-state index >= 15 is 0 Å². The van der Waals surface area contributed by atoms with Crippen molar-refractivity contribution >= 4 is 11.7 Å². The van der Waals surface area contributed by atoms with E-state index in [1.54, 1.807) is 18.5 Å². The number of H-pyrrole nitrogens is 1. The van der Waals surface area contributed by atoms with Gasteiger partial charge in [-0.1, -0.05) is 0 Å². The second-order valence-electron chi connectivity index (χ2n) is 5.90. The molecule has 2 aromatic heterocycles. The zero-order chi connectivity index (χ0) is 15.5. The Kier molecular flexibility index (Phi) is 4.09. The van der Waals surface area contributed by atoms with E-state index in [4.69, 9.17) is 0 Å². The summed E-state index contributed by atoms with van der Waals surface area (Å²) in [5.41, 5.74) is 1.81. The molecule has 1 aliphatic heterocycles. The Bertz CT molecular complexity index is 638. The first kappa shape index (κ1) is 14.6. The fourth-order valence-corrected chi connectivity index (χ4v) is 2.89. The number of pyridine rings is 1. The third-order valence-electron chi connectivity index (χ3n) is 4.12. The van der Waals surface area contributed by atoms with Crippen molar-refractivity contribution < 1.29 is 4.79 Å². The van der Waals surface area contributed by atoms with Crippen molar-refractivity contribution in [3.05, 3.63) is 41.9 Å². The van der Waals surface area contributed by atoms with E-state index in [0.29, 0.717) is 11.5 Å². The van der Waals surface area contributed by atoms with Crippen LogP contribution in [0.2, 0.25) is 0 Å². The molecule has 0 unspecified atom stereocenters. The Morgan fingerprint density at radius 2 is 2.23 bits per heavy atom. The van der Waals surface area contributed by atoms with Crippen molar-refractivity contribution in [2.24, 2.45) is 0 Å². The molecule has 2 aromatic rings. The summed E-state index contributed by atoms with van der Waals surface area (Å²) in [6.07, 6.45) is 5.56.